The van der Waals surface area contributed by atoms with Crippen LogP contribution in [0.1, 0.15) is 15.9 Å². The number of aromatic nitrogens is 1. The molecule has 3 rings (SSSR count). The molecule has 0 fully saturated rings. The van der Waals surface area contributed by atoms with Crippen molar-refractivity contribution >= 4 is 33.4 Å². The van der Waals surface area contributed by atoms with Gasteiger partial charge in [-0.3, -0.25) is 4.79 Å². The monoisotopic (exact) mass is 322 g/mol. The van der Waals surface area contributed by atoms with Crippen molar-refractivity contribution in [1.29, 1.82) is 0 Å². The number of nitrogen functional groups attached to an aromatic ring is 1. The molecule has 1 aromatic heterocycles. The maximum Gasteiger partial charge on any atom is 0.253 e. The molecule has 1 amide bonds. The predicted molar refractivity (Wildman–Crippen MR) is 99.3 cm³/mol. The van der Waals surface area contributed by atoms with Crippen molar-refractivity contribution in [2.75, 3.05) is 32.9 Å². The van der Waals surface area contributed by atoms with E-state index in [0.717, 1.165) is 28.4 Å². The SMILES string of the molecule is Cc1cc(C(=O)NCCN(C)C)c2nc3ccccc3c(N)c2c1. The number of likely N-dealkylation sites (N-methyl/N-ethyl adjacent to an activating group) is 1. The standard InChI is InChI=1S/C19H22N4O/c1-12-10-14-17(20)13-6-4-5-7-16(13)22-18(14)15(11-12)19(24)21-8-9-23(2)3/h4-7,10-11H,8-9H2,1-3H3,(H2,20,22)(H,21,24). The van der Waals surface area contributed by atoms with Crippen LogP contribution in [0.4, 0.5) is 5.69 Å². The largest absolute Gasteiger partial charge is 0.398 e. The van der Waals surface area contributed by atoms with Crippen molar-refractivity contribution in [2.24, 2.45) is 0 Å². The van der Waals surface area contributed by atoms with Gasteiger partial charge in [0, 0.05) is 23.9 Å². The maximum absolute atomic E-state index is 12.6. The first-order chi connectivity index (χ1) is 11.5. The summed E-state index contributed by atoms with van der Waals surface area (Å²) >= 11 is 0. The summed E-state index contributed by atoms with van der Waals surface area (Å²) in [5, 5.41) is 4.69. The molecule has 5 heteroatoms. The highest BCUT2D eigenvalue weighted by Crippen LogP contribution is 2.30. The summed E-state index contributed by atoms with van der Waals surface area (Å²) in [6.07, 6.45) is 0. The second-order valence-corrected chi connectivity index (χ2v) is 6.31. The Morgan fingerprint density at radius 3 is 2.71 bits per heavy atom. The first-order valence-corrected chi connectivity index (χ1v) is 7.99. The van der Waals surface area contributed by atoms with E-state index in [2.05, 4.69) is 5.32 Å². The third-order valence-corrected chi connectivity index (χ3v) is 4.06. The second-order valence-electron chi connectivity index (χ2n) is 6.31. The number of carbonyl (C=O) groups is 1. The molecule has 0 atom stereocenters. The highest BCUT2D eigenvalue weighted by Gasteiger charge is 2.15. The van der Waals surface area contributed by atoms with Gasteiger partial charge in [-0.15, -0.1) is 0 Å². The fraction of sp³-hybridized carbons (Fsp3) is 0.263. The summed E-state index contributed by atoms with van der Waals surface area (Å²) in [7, 11) is 3.95. The van der Waals surface area contributed by atoms with Gasteiger partial charge in [0.25, 0.3) is 5.91 Å². The minimum Gasteiger partial charge on any atom is -0.398 e. The highest BCUT2D eigenvalue weighted by molar-refractivity contribution is 6.13. The first-order valence-electron chi connectivity index (χ1n) is 7.99. The zero-order valence-corrected chi connectivity index (χ0v) is 14.3. The van der Waals surface area contributed by atoms with Gasteiger partial charge in [-0.2, -0.15) is 0 Å². The number of para-hydroxylation sites is 1. The molecule has 3 N–H and O–H groups in total. The molecule has 0 bridgehead atoms. The molecule has 1 heterocycles. The summed E-state index contributed by atoms with van der Waals surface area (Å²) in [5.74, 6) is -0.118. The second kappa shape index (κ2) is 6.45. The summed E-state index contributed by atoms with van der Waals surface area (Å²) < 4.78 is 0. The molecule has 0 spiro atoms. The quantitative estimate of drug-likeness (QED) is 0.724. The van der Waals surface area contributed by atoms with E-state index >= 15 is 0 Å². The summed E-state index contributed by atoms with van der Waals surface area (Å²) in [5.41, 5.74) is 10.0. The van der Waals surface area contributed by atoms with Gasteiger partial charge in [-0.05, 0) is 44.8 Å². The Morgan fingerprint density at radius 1 is 1.21 bits per heavy atom. The molecule has 0 saturated carbocycles. The number of benzene rings is 2. The summed E-state index contributed by atoms with van der Waals surface area (Å²) in [6, 6.07) is 11.6. The normalized spacial score (nSPS) is 11.3. The number of fused-ring (bicyclic) bond motifs is 2. The van der Waals surface area contributed by atoms with Gasteiger partial charge < -0.3 is 16.0 Å². The van der Waals surface area contributed by atoms with Crippen LogP contribution in [0, 0.1) is 6.92 Å². The number of nitrogens with one attached hydrogen (secondary N) is 1. The maximum atomic E-state index is 12.6. The number of pyridine rings is 1. The number of hydrogen-bond acceptors (Lipinski definition) is 4. The van der Waals surface area contributed by atoms with Gasteiger partial charge in [0.2, 0.25) is 0 Å². The molecule has 0 saturated heterocycles. The van der Waals surface area contributed by atoms with E-state index in [1.54, 1.807) is 0 Å². The minimum atomic E-state index is -0.118. The van der Waals surface area contributed by atoms with E-state index in [9.17, 15) is 4.79 Å². The van der Waals surface area contributed by atoms with Crippen molar-refractivity contribution in [2.45, 2.75) is 6.92 Å². The fourth-order valence-electron chi connectivity index (χ4n) is 2.83. The number of rotatable bonds is 4. The summed E-state index contributed by atoms with van der Waals surface area (Å²) in [6.45, 7) is 3.34. The average molecular weight is 322 g/mol. The predicted octanol–water partition coefficient (Wildman–Crippen LogP) is 2.57. The van der Waals surface area contributed by atoms with E-state index in [-0.39, 0.29) is 5.91 Å². The van der Waals surface area contributed by atoms with Crippen LogP contribution in [-0.4, -0.2) is 43.0 Å². The lowest BCUT2D eigenvalue weighted by atomic mass is 10.0. The number of hydrogen-bond donors (Lipinski definition) is 2. The number of carbonyl (C=O) groups excluding carboxylic acids is 1. The van der Waals surface area contributed by atoms with Crippen molar-refractivity contribution in [1.82, 2.24) is 15.2 Å². The molecular weight excluding hydrogens is 300 g/mol. The molecule has 24 heavy (non-hydrogen) atoms. The smallest absolute Gasteiger partial charge is 0.253 e. The molecule has 124 valence electrons. The van der Waals surface area contributed by atoms with Crippen LogP contribution < -0.4 is 11.1 Å². The van der Waals surface area contributed by atoms with Crippen molar-refractivity contribution in [3.8, 4) is 0 Å². The van der Waals surface area contributed by atoms with E-state index < -0.39 is 0 Å². The highest BCUT2D eigenvalue weighted by atomic mass is 16.1. The Bertz CT molecular complexity index is 918. The molecule has 0 unspecified atom stereocenters. The third-order valence-electron chi connectivity index (χ3n) is 4.06. The van der Waals surface area contributed by atoms with E-state index in [0.29, 0.717) is 23.3 Å². The third kappa shape index (κ3) is 3.03. The molecule has 0 aliphatic rings. The van der Waals surface area contributed by atoms with Crippen LogP contribution in [0.3, 0.4) is 0 Å². The van der Waals surface area contributed by atoms with Gasteiger partial charge in [-0.25, -0.2) is 4.98 Å². The number of aryl methyl sites for hydroxylation is 1. The van der Waals surface area contributed by atoms with Crippen LogP contribution in [0.2, 0.25) is 0 Å². The fourth-order valence-corrected chi connectivity index (χ4v) is 2.83. The Labute approximate surface area is 141 Å². The molecule has 0 aliphatic carbocycles. The van der Waals surface area contributed by atoms with Crippen molar-refractivity contribution in [3.05, 3.63) is 47.5 Å². The summed E-state index contributed by atoms with van der Waals surface area (Å²) in [4.78, 5) is 19.3. The van der Waals surface area contributed by atoms with Gasteiger partial charge in [0.1, 0.15) is 0 Å². The van der Waals surface area contributed by atoms with E-state index in [4.69, 9.17) is 10.7 Å². The molecular formula is C19H22N4O. The van der Waals surface area contributed by atoms with Crippen LogP contribution in [-0.2, 0) is 0 Å². The van der Waals surface area contributed by atoms with Gasteiger partial charge in [0.15, 0.2) is 0 Å². The lowest BCUT2D eigenvalue weighted by molar-refractivity contribution is 0.0952. The lowest BCUT2D eigenvalue weighted by Gasteiger charge is -2.13. The van der Waals surface area contributed by atoms with Crippen LogP contribution in [0.5, 0.6) is 0 Å². The molecule has 5 nitrogen and oxygen atoms in total. The van der Waals surface area contributed by atoms with Gasteiger partial charge >= 0.3 is 0 Å². The van der Waals surface area contributed by atoms with E-state index in [1.165, 1.54) is 0 Å². The van der Waals surface area contributed by atoms with Crippen molar-refractivity contribution in [3.63, 3.8) is 0 Å². The first kappa shape index (κ1) is 16.2. The lowest BCUT2D eigenvalue weighted by Crippen LogP contribution is -2.31. The minimum absolute atomic E-state index is 0.118. The number of nitrogens with zero attached hydrogens (tertiary/aromatic N) is 2. The molecule has 0 radical (unpaired) electrons. The average Bonchev–Trinajstić information content (AvgIpc) is 2.55. The van der Waals surface area contributed by atoms with Crippen LogP contribution >= 0.6 is 0 Å². The number of amides is 1. The van der Waals surface area contributed by atoms with Gasteiger partial charge in [-0.1, -0.05) is 18.2 Å². The Morgan fingerprint density at radius 2 is 1.96 bits per heavy atom. The zero-order valence-electron chi connectivity index (χ0n) is 14.3. The Kier molecular flexibility index (Phi) is 4.36. The number of nitrogens with two attached hydrogens (primary N) is 1. The molecule has 0 aliphatic heterocycles. The van der Waals surface area contributed by atoms with Gasteiger partial charge in [0.05, 0.1) is 22.3 Å². The molecule has 2 aromatic carbocycles. The van der Waals surface area contributed by atoms with E-state index in [1.807, 2.05) is 62.3 Å². The van der Waals surface area contributed by atoms with Crippen LogP contribution in [0.25, 0.3) is 21.8 Å². The molecule has 3 aromatic rings. The van der Waals surface area contributed by atoms with Crippen LogP contribution in [0.15, 0.2) is 36.4 Å². The Hall–Kier alpha value is -2.66. The zero-order chi connectivity index (χ0) is 17.3. The topological polar surface area (TPSA) is 71.2 Å². The Balaban J connectivity index is 2.12. The number of anilines is 1. The van der Waals surface area contributed by atoms with Crippen molar-refractivity contribution < 1.29 is 4.79 Å².